The van der Waals surface area contributed by atoms with E-state index in [4.69, 9.17) is 28.2 Å². The van der Waals surface area contributed by atoms with Crippen molar-refractivity contribution in [2.45, 2.75) is 51.5 Å². The molecule has 0 spiro atoms. The minimum Gasteiger partial charge on any atom is -0.328 e. The SMILES string of the molecule is ClCCc1nc2c(Cl)cccc2n1CCC1CCCCC1. The fourth-order valence-electron chi connectivity index (χ4n) is 3.47. The number of rotatable bonds is 5. The summed E-state index contributed by atoms with van der Waals surface area (Å²) in [6.45, 7) is 1.04. The highest BCUT2D eigenvalue weighted by Gasteiger charge is 2.16. The maximum atomic E-state index is 6.28. The number of hydrogen-bond acceptors (Lipinski definition) is 1. The van der Waals surface area contributed by atoms with Gasteiger partial charge in [-0.1, -0.05) is 49.8 Å². The third-order valence-corrected chi connectivity index (χ3v) is 5.11. The average molecular weight is 325 g/mol. The van der Waals surface area contributed by atoms with Crippen LogP contribution in [-0.2, 0) is 13.0 Å². The van der Waals surface area contributed by atoms with Crippen LogP contribution in [0, 0.1) is 5.92 Å². The highest BCUT2D eigenvalue weighted by molar-refractivity contribution is 6.34. The van der Waals surface area contributed by atoms with E-state index in [1.165, 1.54) is 38.5 Å². The summed E-state index contributed by atoms with van der Waals surface area (Å²) in [5.41, 5.74) is 2.07. The third kappa shape index (κ3) is 3.37. The minimum absolute atomic E-state index is 0.602. The monoisotopic (exact) mass is 324 g/mol. The molecule has 114 valence electrons. The number of fused-ring (bicyclic) bond motifs is 1. The van der Waals surface area contributed by atoms with Crippen LogP contribution in [0.1, 0.15) is 44.3 Å². The summed E-state index contributed by atoms with van der Waals surface area (Å²) in [5, 5.41) is 0.736. The summed E-state index contributed by atoms with van der Waals surface area (Å²) in [7, 11) is 0. The zero-order chi connectivity index (χ0) is 14.7. The molecule has 0 bridgehead atoms. The number of aromatic nitrogens is 2. The number of aryl methyl sites for hydroxylation is 2. The van der Waals surface area contributed by atoms with Crippen molar-refractivity contribution < 1.29 is 0 Å². The first-order valence-electron chi connectivity index (χ1n) is 7.99. The van der Waals surface area contributed by atoms with E-state index in [9.17, 15) is 0 Å². The number of hydrogen-bond donors (Lipinski definition) is 0. The molecule has 1 saturated carbocycles. The molecule has 1 heterocycles. The zero-order valence-electron chi connectivity index (χ0n) is 12.3. The van der Waals surface area contributed by atoms with Gasteiger partial charge < -0.3 is 4.57 Å². The van der Waals surface area contributed by atoms with E-state index in [1.807, 2.05) is 12.1 Å². The van der Waals surface area contributed by atoms with Gasteiger partial charge in [0, 0.05) is 18.8 Å². The molecule has 0 N–H and O–H groups in total. The first-order chi connectivity index (χ1) is 10.3. The van der Waals surface area contributed by atoms with Crippen LogP contribution in [0.25, 0.3) is 11.0 Å². The predicted molar refractivity (Wildman–Crippen MR) is 90.4 cm³/mol. The second kappa shape index (κ2) is 7.02. The van der Waals surface area contributed by atoms with Crippen molar-refractivity contribution >= 4 is 34.2 Å². The molecule has 0 amide bonds. The van der Waals surface area contributed by atoms with Gasteiger partial charge in [0.15, 0.2) is 0 Å². The van der Waals surface area contributed by atoms with Crippen molar-refractivity contribution in [3.8, 4) is 0 Å². The van der Waals surface area contributed by atoms with Crippen LogP contribution in [0.3, 0.4) is 0 Å². The Morgan fingerprint density at radius 1 is 1.19 bits per heavy atom. The molecule has 0 atom stereocenters. The van der Waals surface area contributed by atoms with Gasteiger partial charge in [-0.05, 0) is 24.5 Å². The maximum Gasteiger partial charge on any atom is 0.111 e. The summed E-state index contributed by atoms with van der Waals surface area (Å²) < 4.78 is 2.33. The molecule has 0 unspecified atom stereocenters. The second-order valence-corrected chi connectivity index (χ2v) is 6.80. The molecule has 2 aromatic rings. The molecule has 2 nitrogen and oxygen atoms in total. The quantitative estimate of drug-likeness (QED) is 0.669. The van der Waals surface area contributed by atoms with Crippen LogP contribution in [0.2, 0.25) is 5.02 Å². The molecule has 1 aromatic heterocycles. The van der Waals surface area contributed by atoms with Crippen molar-refractivity contribution in [2.75, 3.05) is 5.88 Å². The minimum atomic E-state index is 0.602. The van der Waals surface area contributed by atoms with Gasteiger partial charge in [-0.2, -0.15) is 0 Å². The van der Waals surface area contributed by atoms with E-state index in [0.29, 0.717) is 5.88 Å². The Morgan fingerprint density at radius 2 is 2.00 bits per heavy atom. The van der Waals surface area contributed by atoms with Crippen LogP contribution in [0.5, 0.6) is 0 Å². The van der Waals surface area contributed by atoms with Crippen molar-refractivity contribution in [1.82, 2.24) is 9.55 Å². The summed E-state index contributed by atoms with van der Waals surface area (Å²) in [4.78, 5) is 4.71. The van der Waals surface area contributed by atoms with E-state index < -0.39 is 0 Å². The molecular formula is C17H22Cl2N2. The fourth-order valence-corrected chi connectivity index (χ4v) is 3.85. The smallest absolute Gasteiger partial charge is 0.111 e. The highest BCUT2D eigenvalue weighted by Crippen LogP contribution is 2.29. The zero-order valence-corrected chi connectivity index (χ0v) is 13.8. The lowest BCUT2D eigenvalue weighted by Gasteiger charge is -2.22. The van der Waals surface area contributed by atoms with Crippen molar-refractivity contribution in [3.05, 3.63) is 29.0 Å². The van der Waals surface area contributed by atoms with E-state index in [-0.39, 0.29) is 0 Å². The number of halogens is 2. The van der Waals surface area contributed by atoms with Crippen molar-refractivity contribution in [1.29, 1.82) is 0 Å². The highest BCUT2D eigenvalue weighted by atomic mass is 35.5. The van der Waals surface area contributed by atoms with Gasteiger partial charge >= 0.3 is 0 Å². The van der Waals surface area contributed by atoms with Crippen LogP contribution >= 0.6 is 23.2 Å². The van der Waals surface area contributed by atoms with E-state index in [2.05, 4.69) is 10.6 Å². The number of benzene rings is 1. The first kappa shape index (κ1) is 15.2. The lowest BCUT2D eigenvalue weighted by Crippen LogP contribution is -2.12. The van der Waals surface area contributed by atoms with Crippen LogP contribution < -0.4 is 0 Å². The molecular weight excluding hydrogens is 303 g/mol. The summed E-state index contributed by atoms with van der Waals surface area (Å²) >= 11 is 12.2. The normalized spacial score (nSPS) is 16.7. The lowest BCUT2D eigenvalue weighted by molar-refractivity contribution is 0.324. The largest absolute Gasteiger partial charge is 0.328 e. The van der Waals surface area contributed by atoms with Gasteiger partial charge in [0.2, 0.25) is 0 Å². The molecule has 21 heavy (non-hydrogen) atoms. The molecule has 4 heteroatoms. The van der Waals surface area contributed by atoms with Gasteiger partial charge in [0.1, 0.15) is 11.3 Å². The number of imidazole rings is 1. The van der Waals surface area contributed by atoms with Crippen LogP contribution in [0.15, 0.2) is 18.2 Å². The summed E-state index contributed by atoms with van der Waals surface area (Å²) in [6, 6.07) is 6.04. The van der Waals surface area contributed by atoms with Gasteiger partial charge in [0.05, 0.1) is 10.5 Å². The Bertz CT molecular complexity index is 600. The fraction of sp³-hybridized carbons (Fsp3) is 0.588. The number of alkyl halides is 1. The molecule has 0 aliphatic heterocycles. The predicted octanol–water partition coefficient (Wildman–Crippen LogP) is 5.44. The Balaban J connectivity index is 1.84. The van der Waals surface area contributed by atoms with Gasteiger partial charge in [-0.15, -0.1) is 11.6 Å². The molecule has 0 radical (unpaired) electrons. The summed E-state index contributed by atoms with van der Waals surface area (Å²) in [6.07, 6.45) is 9.03. The first-order valence-corrected chi connectivity index (χ1v) is 8.90. The maximum absolute atomic E-state index is 6.28. The Kier molecular flexibility index (Phi) is 5.07. The Labute approximate surface area is 136 Å². The van der Waals surface area contributed by atoms with Gasteiger partial charge in [-0.25, -0.2) is 4.98 Å². The molecule has 3 rings (SSSR count). The molecule has 0 saturated heterocycles. The second-order valence-electron chi connectivity index (χ2n) is 6.02. The van der Waals surface area contributed by atoms with Crippen LogP contribution in [-0.4, -0.2) is 15.4 Å². The summed E-state index contributed by atoms with van der Waals surface area (Å²) in [5.74, 6) is 2.55. The van der Waals surface area contributed by atoms with Crippen LogP contribution in [0.4, 0.5) is 0 Å². The van der Waals surface area contributed by atoms with E-state index >= 15 is 0 Å². The molecule has 1 aliphatic rings. The lowest BCUT2D eigenvalue weighted by atomic mass is 9.87. The molecule has 1 aromatic carbocycles. The van der Waals surface area contributed by atoms with Crippen molar-refractivity contribution in [2.24, 2.45) is 5.92 Å². The topological polar surface area (TPSA) is 17.8 Å². The Morgan fingerprint density at radius 3 is 2.76 bits per heavy atom. The van der Waals surface area contributed by atoms with Gasteiger partial charge in [0.25, 0.3) is 0 Å². The number of para-hydroxylation sites is 1. The molecule has 1 aliphatic carbocycles. The Hall–Kier alpha value is -0.730. The number of nitrogens with zero attached hydrogens (tertiary/aromatic N) is 2. The average Bonchev–Trinajstić information content (AvgIpc) is 2.86. The van der Waals surface area contributed by atoms with E-state index in [0.717, 1.165) is 40.8 Å². The molecule has 1 fully saturated rings. The standard InChI is InChI=1S/C17H22Cl2N2/c18-11-9-16-20-17-14(19)7-4-8-15(17)21(16)12-10-13-5-2-1-3-6-13/h4,7-8,13H,1-3,5-6,9-12H2. The third-order valence-electron chi connectivity index (χ3n) is 4.61. The van der Waals surface area contributed by atoms with Crippen molar-refractivity contribution in [3.63, 3.8) is 0 Å². The van der Waals surface area contributed by atoms with E-state index in [1.54, 1.807) is 0 Å². The van der Waals surface area contributed by atoms with Gasteiger partial charge in [-0.3, -0.25) is 0 Å².